The second kappa shape index (κ2) is 4.36. The molecule has 0 saturated heterocycles. The van der Waals surface area contributed by atoms with Crippen LogP contribution in [0.15, 0.2) is 36.4 Å². The molecule has 3 aliphatic rings. The second-order valence-corrected chi connectivity index (χ2v) is 8.72. The second-order valence-electron chi connectivity index (χ2n) is 8.72. The van der Waals surface area contributed by atoms with Crippen molar-refractivity contribution in [2.45, 2.75) is 63.5 Å². The first-order valence-corrected chi connectivity index (χ1v) is 9.16. The van der Waals surface area contributed by atoms with E-state index in [-0.39, 0.29) is 11.1 Å². The molecule has 4 atom stereocenters. The van der Waals surface area contributed by atoms with E-state index in [4.69, 9.17) is 0 Å². The van der Waals surface area contributed by atoms with Crippen LogP contribution < -0.4 is 10.6 Å². The summed E-state index contributed by atoms with van der Waals surface area (Å²) in [6.07, 6.45) is 2.40. The van der Waals surface area contributed by atoms with Gasteiger partial charge in [-0.05, 0) is 75.6 Å². The van der Waals surface area contributed by atoms with Crippen LogP contribution in [0.4, 0.5) is 11.4 Å². The zero-order chi connectivity index (χ0) is 16.7. The van der Waals surface area contributed by atoms with Gasteiger partial charge in [0, 0.05) is 11.4 Å². The molecule has 5 rings (SSSR count). The number of fused-ring (bicyclic) bond motifs is 10. The SMILES string of the molecule is Cc1ccc2c(c1)C1CC(C)(N2)C2(C)CC1c1cc(C)ccc1N2. The zero-order valence-corrected chi connectivity index (χ0v) is 15.0. The van der Waals surface area contributed by atoms with Crippen LogP contribution in [0.25, 0.3) is 0 Å². The lowest BCUT2D eigenvalue weighted by atomic mass is 9.54. The Hall–Kier alpha value is -1.96. The molecule has 0 aromatic heterocycles. The highest BCUT2D eigenvalue weighted by Crippen LogP contribution is 2.61. The summed E-state index contributed by atoms with van der Waals surface area (Å²) < 4.78 is 0. The fourth-order valence-corrected chi connectivity index (χ4v) is 5.45. The van der Waals surface area contributed by atoms with Gasteiger partial charge in [-0.2, -0.15) is 0 Å². The molecule has 2 heteroatoms. The highest BCUT2D eigenvalue weighted by Gasteiger charge is 2.58. The van der Waals surface area contributed by atoms with Gasteiger partial charge in [0.05, 0.1) is 11.1 Å². The molecule has 2 nitrogen and oxygen atoms in total. The number of rotatable bonds is 0. The van der Waals surface area contributed by atoms with Crippen molar-refractivity contribution < 1.29 is 0 Å². The highest BCUT2D eigenvalue weighted by atomic mass is 15.1. The molecular weight excluding hydrogens is 292 g/mol. The third kappa shape index (κ3) is 1.72. The van der Waals surface area contributed by atoms with Crippen LogP contribution in [0.5, 0.6) is 0 Å². The molecular formula is C22H26N2. The van der Waals surface area contributed by atoms with Crippen LogP contribution in [0.2, 0.25) is 0 Å². The lowest BCUT2D eigenvalue weighted by Gasteiger charge is -2.62. The molecule has 1 aliphatic carbocycles. The molecule has 124 valence electrons. The van der Waals surface area contributed by atoms with E-state index >= 15 is 0 Å². The molecule has 1 saturated carbocycles. The molecule has 24 heavy (non-hydrogen) atoms. The molecule has 2 aliphatic heterocycles. The molecule has 2 N–H and O–H groups in total. The number of aryl methyl sites for hydroxylation is 2. The highest BCUT2D eigenvalue weighted by molar-refractivity contribution is 5.68. The van der Waals surface area contributed by atoms with Crippen molar-refractivity contribution in [3.05, 3.63) is 58.7 Å². The predicted molar refractivity (Wildman–Crippen MR) is 101 cm³/mol. The smallest absolute Gasteiger partial charge is 0.0578 e. The van der Waals surface area contributed by atoms with Gasteiger partial charge >= 0.3 is 0 Å². The molecule has 0 radical (unpaired) electrons. The standard InChI is InChI=1S/C22H26N2/c1-13-5-7-19-15(9-13)17-11-21(3,23-19)22(4)12-18(17)16-10-14(2)6-8-20(16)24-22/h5-10,17-18,23-24H,11-12H2,1-4H3. The summed E-state index contributed by atoms with van der Waals surface area (Å²) >= 11 is 0. The first-order chi connectivity index (χ1) is 11.4. The quantitative estimate of drug-likeness (QED) is 0.686. The van der Waals surface area contributed by atoms with E-state index in [0.29, 0.717) is 11.8 Å². The summed E-state index contributed by atoms with van der Waals surface area (Å²) in [5, 5.41) is 7.82. The van der Waals surface area contributed by atoms with E-state index < -0.39 is 0 Å². The summed E-state index contributed by atoms with van der Waals surface area (Å²) in [5.74, 6) is 1.23. The van der Waals surface area contributed by atoms with Crippen LogP contribution in [0, 0.1) is 13.8 Å². The maximum Gasteiger partial charge on any atom is 0.0578 e. The van der Waals surface area contributed by atoms with Gasteiger partial charge in [-0.15, -0.1) is 0 Å². The van der Waals surface area contributed by atoms with Crippen LogP contribution in [0.1, 0.15) is 60.8 Å². The van der Waals surface area contributed by atoms with Crippen molar-refractivity contribution >= 4 is 11.4 Å². The summed E-state index contributed by atoms with van der Waals surface area (Å²) in [7, 11) is 0. The van der Waals surface area contributed by atoms with Crippen LogP contribution in [-0.2, 0) is 0 Å². The molecule has 0 spiro atoms. The van der Waals surface area contributed by atoms with Gasteiger partial charge in [-0.1, -0.05) is 35.4 Å². The minimum absolute atomic E-state index is 0.0823. The Morgan fingerprint density at radius 2 is 1.17 bits per heavy atom. The lowest BCUT2D eigenvalue weighted by molar-refractivity contribution is 0.164. The summed E-state index contributed by atoms with van der Waals surface area (Å²) in [6.45, 7) is 9.24. The fourth-order valence-electron chi connectivity index (χ4n) is 5.45. The maximum atomic E-state index is 3.91. The number of benzene rings is 2. The van der Waals surface area contributed by atoms with E-state index in [1.54, 1.807) is 0 Å². The predicted octanol–water partition coefficient (Wildman–Crippen LogP) is 5.33. The van der Waals surface area contributed by atoms with Crippen LogP contribution >= 0.6 is 0 Å². The van der Waals surface area contributed by atoms with E-state index in [1.165, 1.54) is 46.5 Å². The van der Waals surface area contributed by atoms with Crippen molar-refractivity contribution in [2.75, 3.05) is 10.6 Å². The Balaban J connectivity index is 1.76. The van der Waals surface area contributed by atoms with Crippen molar-refractivity contribution in [3.63, 3.8) is 0 Å². The number of hydrogen-bond acceptors (Lipinski definition) is 2. The van der Waals surface area contributed by atoms with Crippen LogP contribution in [0.3, 0.4) is 0 Å². The third-order valence-electron chi connectivity index (χ3n) is 6.99. The Morgan fingerprint density at radius 3 is 1.58 bits per heavy atom. The van der Waals surface area contributed by atoms with E-state index in [0.717, 1.165) is 0 Å². The number of hydrogen-bond donors (Lipinski definition) is 2. The molecule has 0 amide bonds. The molecule has 1 fully saturated rings. The molecule has 2 heterocycles. The number of nitrogens with one attached hydrogen (secondary N) is 2. The minimum Gasteiger partial charge on any atom is -0.377 e. The molecule has 2 aromatic rings. The van der Waals surface area contributed by atoms with Gasteiger partial charge in [-0.25, -0.2) is 0 Å². The van der Waals surface area contributed by atoms with Crippen LogP contribution in [-0.4, -0.2) is 11.1 Å². The largest absolute Gasteiger partial charge is 0.377 e. The topological polar surface area (TPSA) is 24.1 Å². The average molecular weight is 318 g/mol. The third-order valence-corrected chi connectivity index (χ3v) is 6.99. The normalized spacial score (nSPS) is 35.3. The first kappa shape index (κ1) is 14.4. The summed E-state index contributed by atoms with van der Waals surface area (Å²) in [6, 6.07) is 13.9. The van der Waals surface area contributed by atoms with Crippen molar-refractivity contribution in [3.8, 4) is 0 Å². The summed E-state index contributed by atoms with van der Waals surface area (Å²) in [5.41, 5.74) is 8.62. The Kier molecular flexibility index (Phi) is 2.61. The van der Waals surface area contributed by atoms with Gasteiger partial charge in [0.2, 0.25) is 0 Å². The minimum atomic E-state index is 0.0823. The Morgan fingerprint density at radius 1 is 0.750 bits per heavy atom. The molecule has 4 bridgehead atoms. The molecule has 2 aromatic carbocycles. The van der Waals surface area contributed by atoms with Gasteiger partial charge in [0.1, 0.15) is 0 Å². The first-order valence-electron chi connectivity index (χ1n) is 9.16. The molecule has 4 unspecified atom stereocenters. The maximum absolute atomic E-state index is 3.91. The Labute approximate surface area is 144 Å². The van der Waals surface area contributed by atoms with Gasteiger partial charge in [-0.3, -0.25) is 0 Å². The fraction of sp³-hybridized carbons (Fsp3) is 0.455. The van der Waals surface area contributed by atoms with E-state index in [1.807, 2.05) is 0 Å². The van der Waals surface area contributed by atoms with Crippen molar-refractivity contribution in [1.29, 1.82) is 0 Å². The van der Waals surface area contributed by atoms with Gasteiger partial charge < -0.3 is 10.6 Å². The monoisotopic (exact) mass is 318 g/mol. The Bertz CT molecular complexity index is 784. The summed E-state index contributed by atoms with van der Waals surface area (Å²) in [4.78, 5) is 0. The van der Waals surface area contributed by atoms with Gasteiger partial charge in [0.15, 0.2) is 0 Å². The number of anilines is 2. The van der Waals surface area contributed by atoms with Crippen molar-refractivity contribution in [2.24, 2.45) is 0 Å². The van der Waals surface area contributed by atoms with Crippen molar-refractivity contribution in [1.82, 2.24) is 0 Å². The van der Waals surface area contributed by atoms with E-state index in [9.17, 15) is 0 Å². The lowest BCUT2D eigenvalue weighted by Crippen LogP contribution is -2.67. The average Bonchev–Trinajstić information content (AvgIpc) is 2.53. The zero-order valence-electron chi connectivity index (χ0n) is 15.0. The van der Waals surface area contributed by atoms with Gasteiger partial charge in [0.25, 0.3) is 0 Å². The van der Waals surface area contributed by atoms with E-state index in [2.05, 4.69) is 74.7 Å².